The Bertz CT molecular complexity index is 337. The minimum atomic E-state index is 0.753. The topological polar surface area (TPSA) is 44.5 Å². The largest absolute Gasteiger partial charge is 0.369 e. The molecular formula is C11H17ClN4. The summed E-state index contributed by atoms with van der Waals surface area (Å²) in [5, 5.41) is 0.795. The molecule has 4 nitrogen and oxygen atoms in total. The van der Waals surface area contributed by atoms with Gasteiger partial charge in [0.1, 0.15) is 0 Å². The third kappa shape index (κ3) is 2.86. The molecule has 1 aliphatic heterocycles. The van der Waals surface area contributed by atoms with E-state index in [9.17, 15) is 0 Å². The summed E-state index contributed by atoms with van der Waals surface area (Å²) in [6, 6.07) is 8.01. The molecule has 16 heavy (non-hydrogen) atoms. The maximum absolute atomic E-state index is 5.98. The first-order chi connectivity index (χ1) is 7.79. The summed E-state index contributed by atoms with van der Waals surface area (Å²) in [6.45, 7) is 4.83. The van der Waals surface area contributed by atoms with Crippen LogP contribution in [0.5, 0.6) is 0 Å². The second kappa shape index (κ2) is 5.50. The summed E-state index contributed by atoms with van der Waals surface area (Å²) in [5.74, 6) is 5.30. The van der Waals surface area contributed by atoms with Crippen LogP contribution in [0.1, 0.15) is 0 Å². The molecule has 0 bridgehead atoms. The van der Waals surface area contributed by atoms with E-state index in [1.165, 1.54) is 5.69 Å². The highest BCUT2D eigenvalue weighted by Gasteiger charge is 2.16. The Balaban J connectivity index is 1.94. The number of halogens is 1. The van der Waals surface area contributed by atoms with Crippen LogP contribution in [0.3, 0.4) is 0 Å². The van der Waals surface area contributed by atoms with Crippen LogP contribution in [0.25, 0.3) is 0 Å². The molecule has 5 heteroatoms. The Kier molecular flexibility index (Phi) is 4.01. The molecule has 1 heterocycles. The molecule has 1 fully saturated rings. The zero-order valence-corrected chi connectivity index (χ0v) is 9.95. The predicted octanol–water partition coefficient (Wildman–Crippen LogP) is 0.883. The lowest BCUT2D eigenvalue weighted by Gasteiger charge is -2.35. The first kappa shape index (κ1) is 11.7. The number of hydrogen-bond donors (Lipinski definition) is 2. The Morgan fingerprint density at radius 2 is 2.00 bits per heavy atom. The van der Waals surface area contributed by atoms with Crippen molar-refractivity contribution in [3.05, 3.63) is 29.3 Å². The summed E-state index contributed by atoms with van der Waals surface area (Å²) in [7, 11) is 0. The van der Waals surface area contributed by atoms with E-state index < -0.39 is 0 Å². The fraction of sp³-hybridized carbons (Fsp3) is 0.455. The van der Waals surface area contributed by atoms with Gasteiger partial charge < -0.3 is 4.90 Å². The van der Waals surface area contributed by atoms with Crippen molar-refractivity contribution in [1.29, 1.82) is 0 Å². The monoisotopic (exact) mass is 240 g/mol. The highest BCUT2D eigenvalue weighted by Crippen LogP contribution is 2.20. The van der Waals surface area contributed by atoms with Gasteiger partial charge in [-0.3, -0.25) is 10.7 Å². The molecule has 0 amide bonds. The average Bonchev–Trinajstić information content (AvgIpc) is 2.30. The van der Waals surface area contributed by atoms with Crippen LogP contribution in [0.2, 0.25) is 5.02 Å². The summed E-state index contributed by atoms with van der Waals surface area (Å²) in [5.41, 5.74) is 3.89. The third-order valence-corrected chi connectivity index (χ3v) is 3.10. The number of nitrogens with one attached hydrogen (secondary N) is 1. The summed E-state index contributed by atoms with van der Waals surface area (Å²) in [4.78, 5) is 4.64. The summed E-state index contributed by atoms with van der Waals surface area (Å²) >= 11 is 5.98. The minimum absolute atomic E-state index is 0.753. The van der Waals surface area contributed by atoms with Gasteiger partial charge in [0.2, 0.25) is 0 Å². The number of hydrazine groups is 1. The average molecular weight is 241 g/mol. The van der Waals surface area contributed by atoms with Crippen LogP contribution < -0.4 is 16.2 Å². The van der Waals surface area contributed by atoms with Crippen molar-refractivity contribution in [3.8, 4) is 0 Å². The van der Waals surface area contributed by atoms with Gasteiger partial charge in [-0.25, -0.2) is 5.43 Å². The molecule has 2 rings (SSSR count). The van der Waals surface area contributed by atoms with E-state index in [1.54, 1.807) is 0 Å². The number of nitrogens with zero attached hydrogens (tertiary/aromatic N) is 2. The highest BCUT2D eigenvalue weighted by atomic mass is 35.5. The van der Waals surface area contributed by atoms with Gasteiger partial charge >= 0.3 is 0 Å². The second-order valence-corrected chi connectivity index (χ2v) is 4.38. The Morgan fingerprint density at radius 1 is 1.25 bits per heavy atom. The molecule has 0 aliphatic carbocycles. The molecule has 0 spiro atoms. The zero-order chi connectivity index (χ0) is 11.4. The molecule has 0 radical (unpaired) electrons. The van der Waals surface area contributed by atoms with Gasteiger partial charge in [0.05, 0.1) is 6.67 Å². The van der Waals surface area contributed by atoms with Crippen molar-refractivity contribution in [2.45, 2.75) is 0 Å². The van der Waals surface area contributed by atoms with Crippen molar-refractivity contribution in [2.75, 3.05) is 37.7 Å². The molecule has 0 saturated carbocycles. The quantitative estimate of drug-likeness (QED) is 0.608. The maximum Gasteiger partial charge on any atom is 0.0613 e. The normalized spacial score (nSPS) is 17.8. The van der Waals surface area contributed by atoms with Crippen molar-refractivity contribution < 1.29 is 0 Å². The number of piperazine rings is 1. The molecule has 1 saturated heterocycles. The lowest BCUT2D eigenvalue weighted by atomic mass is 10.2. The molecule has 1 aromatic rings. The highest BCUT2D eigenvalue weighted by molar-refractivity contribution is 6.30. The lowest BCUT2D eigenvalue weighted by Crippen LogP contribution is -2.50. The minimum Gasteiger partial charge on any atom is -0.369 e. The number of nitrogens with two attached hydrogens (primary N) is 1. The number of benzene rings is 1. The van der Waals surface area contributed by atoms with Gasteiger partial charge in [-0.15, -0.1) is 0 Å². The predicted molar refractivity (Wildman–Crippen MR) is 67.4 cm³/mol. The van der Waals surface area contributed by atoms with Gasteiger partial charge in [-0.2, -0.15) is 0 Å². The van der Waals surface area contributed by atoms with E-state index in [-0.39, 0.29) is 0 Å². The van der Waals surface area contributed by atoms with Crippen LogP contribution in [0.15, 0.2) is 24.3 Å². The lowest BCUT2D eigenvalue weighted by molar-refractivity contribution is 0.240. The second-order valence-electron chi connectivity index (χ2n) is 3.95. The molecule has 0 aromatic heterocycles. The fourth-order valence-corrected chi connectivity index (χ4v) is 2.15. The Labute approximate surface area is 101 Å². The van der Waals surface area contributed by atoms with Crippen LogP contribution in [-0.2, 0) is 0 Å². The SMILES string of the molecule is NNCN1CCN(c2cccc(Cl)c2)CC1. The van der Waals surface area contributed by atoms with Gasteiger partial charge in [0, 0.05) is 36.9 Å². The molecule has 88 valence electrons. The first-order valence-corrected chi connectivity index (χ1v) is 5.84. The molecule has 0 atom stereocenters. The molecule has 3 N–H and O–H groups in total. The van der Waals surface area contributed by atoms with Crippen LogP contribution in [0, 0.1) is 0 Å². The maximum atomic E-state index is 5.98. The van der Waals surface area contributed by atoms with Crippen LogP contribution in [-0.4, -0.2) is 37.7 Å². The van der Waals surface area contributed by atoms with Crippen molar-refractivity contribution in [2.24, 2.45) is 5.84 Å². The van der Waals surface area contributed by atoms with Crippen LogP contribution in [0.4, 0.5) is 5.69 Å². The van der Waals surface area contributed by atoms with E-state index in [2.05, 4.69) is 21.3 Å². The van der Waals surface area contributed by atoms with Crippen molar-refractivity contribution >= 4 is 17.3 Å². The van der Waals surface area contributed by atoms with Gasteiger partial charge in [0.25, 0.3) is 0 Å². The number of rotatable bonds is 3. The summed E-state index contributed by atoms with van der Waals surface area (Å²) in [6.07, 6.45) is 0. The number of anilines is 1. The van der Waals surface area contributed by atoms with Crippen LogP contribution >= 0.6 is 11.6 Å². The van der Waals surface area contributed by atoms with Gasteiger partial charge in [0.15, 0.2) is 0 Å². The van der Waals surface area contributed by atoms with E-state index in [4.69, 9.17) is 17.4 Å². The van der Waals surface area contributed by atoms with E-state index in [0.29, 0.717) is 0 Å². The van der Waals surface area contributed by atoms with Crippen molar-refractivity contribution in [3.63, 3.8) is 0 Å². The molecule has 0 unspecified atom stereocenters. The third-order valence-electron chi connectivity index (χ3n) is 2.86. The fourth-order valence-electron chi connectivity index (χ4n) is 1.97. The molecular weight excluding hydrogens is 224 g/mol. The zero-order valence-electron chi connectivity index (χ0n) is 9.19. The van der Waals surface area contributed by atoms with E-state index in [0.717, 1.165) is 37.9 Å². The van der Waals surface area contributed by atoms with Crippen molar-refractivity contribution in [1.82, 2.24) is 10.3 Å². The van der Waals surface area contributed by atoms with E-state index in [1.807, 2.05) is 18.2 Å². The number of hydrogen-bond acceptors (Lipinski definition) is 4. The van der Waals surface area contributed by atoms with E-state index >= 15 is 0 Å². The Morgan fingerprint density at radius 3 is 2.62 bits per heavy atom. The summed E-state index contributed by atoms with van der Waals surface area (Å²) < 4.78 is 0. The van der Waals surface area contributed by atoms with Gasteiger partial charge in [-0.05, 0) is 18.2 Å². The first-order valence-electron chi connectivity index (χ1n) is 5.46. The smallest absolute Gasteiger partial charge is 0.0613 e. The molecule has 1 aromatic carbocycles. The molecule has 1 aliphatic rings. The van der Waals surface area contributed by atoms with Gasteiger partial charge in [-0.1, -0.05) is 17.7 Å². The standard InChI is InChI=1S/C11H17ClN4/c12-10-2-1-3-11(8-10)16-6-4-15(5-7-16)9-14-13/h1-3,8,14H,4-7,9,13H2. The Hall–Kier alpha value is -0.810.